The van der Waals surface area contributed by atoms with Crippen molar-refractivity contribution in [3.63, 3.8) is 0 Å². The monoisotopic (exact) mass is 476 g/mol. The van der Waals surface area contributed by atoms with Gasteiger partial charge in [0.05, 0.1) is 12.1 Å². The van der Waals surface area contributed by atoms with Crippen LogP contribution in [0.1, 0.15) is 56.1 Å². The standard InChI is InChI=1S/C27H25FN2O5/c1-17-13-23(18(2)29(17)14-20-5-9-22(28)10-6-20)24(31)16-35-27(34)21-7-3-19(4-8-21)15-30-25(32)11-12-26(30)33/h3-10,13H,11-12,14-16H2,1-2H3. The number of halogens is 1. The third-order valence-electron chi connectivity index (χ3n) is 6.15. The number of nitrogens with zero attached hydrogens (tertiary/aromatic N) is 2. The molecule has 2 heterocycles. The summed E-state index contributed by atoms with van der Waals surface area (Å²) in [5, 5.41) is 0. The first-order valence-corrected chi connectivity index (χ1v) is 11.3. The van der Waals surface area contributed by atoms with Crippen LogP contribution in [0.25, 0.3) is 0 Å². The maximum atomic E-state index is 13.2. The first-order valence-electron chi connectivity index (χ1n) is 11.3. The number of ether oxygens (including phenoxy) is 1. The molecule has 1 aliphatic rings. The lowest BCUT2D eigenvalue weighted by atomic mass is 10.1. The zero-order chi connectivity index (χ0) is 25.1. The van der Waals surface area contributed by atoms with E-state index in [0.717, 1.165) is 22.5 Å². The highest BCUT2D eigenvalue weighted by Gasteiger charge is 2.28. The Labute approximate surface area is 202 Å². The van der Waals surface area contributed by atoms with E-state index in [1.807, 2.05) is 18.4 Å². The number of benzene rings is 2. The molecule has 1 saturated heterocycles. The van der Waals surface area contributed by atoms with Gasteiger partial charge >= 0.3 is 5.97 Å². The lowest BCUT2D eigenvalue weighted by Crippen LogP contribution is -2.28. The molecule has 0 saturated carbocycles. The van der Waals surface area contributed by atoms with E-state index in [0.29, 0.717) is 12.1 Å². The van der Waals surface area contributed by atoms with Gasteiger partial charge in [0.15, 0.2) is 6.61 Å². The molecule has 0 radical (unpaired) electrons. The highest BCUT2D eigenvalue weighted by atomic mass is 19.1. The van der Waals surface area contributed by atoms with Crippen molar-refractivity contribution in [2.45, 2.75) is 39.8 Å². The number of esters is 1. The molecule has 3 aromatic rings. The molecule has 180 valence electrons. The van der Waals surface area contributed by atoms with Crippen LogP contribution in [0.15, 0.2) is 54.6 Å². The molecule has 35 heavy (non-hydrogen) atoms. The maximum absolute atomic E-state index is 13.2. The normalized spacial score (nSPS) is 13.4. The zero-order valence-corrected chi connectivity index (χ0v) is 19.5. The second-order valence-corrected chi connectivity index (χ2v) is 8.57. The summed E-state index contributed by atoms with van der Waals surface area (Å²) >= 11 is 0. The lowest BCUT2D eigenvalue weighted by molar-refractivity contribution is -0.139. The number of hydrogen-bond donors (Lipinski definition) is 0. The second-order valence-electron chi connectivity index (χ2n) is 8.57. The van der Waals surface area contributed by atoms with E-state index >= 15 is 0 Å². The number of amides is 2. The van der Waals surface area contributed by atoms with Crippen molar-refractivity contribution in [1.82, 2.24) is 9.47 Å². The molecule has 1 aliphatic heterocycles. The summed E-state index contributed by atoms with van der Waals surface area (Å²) in [6.45, 7) is 3.95. The fourth-order valence-corrected chi connectivity index (χ4v) is 4.12. The lowest BCUT2D eigenvalue weighted by Gasteiger charge is -2.13. The van der Waals surface area contributed by atoms with Crippen LogP contribution >= 0.6 is 0 Å². The number of imide groups is 1. The first kappa shape index (κ1) is 24.1. The summed E-state index contributed by atoms with van der Waals surface area (Å²) in [6, 6.07) is 14.3. The van der Waals surface area contributed by atoms with Crippen LogP contribution in [0, 0.1) is 19.7 Å². The predicted octanol–water partition coefficient (Wildman–Crippen LogP) is 3.98. The summed E-state index contributed by atoms with van der Waals surface area (Å²) in [5.74, 6) is -1.67. The van der Waals surface area contributed by atoms with E-state index in [2.05, 4.69) is 0 Å². The fraction of sp³-hybridized carbons (Fsp3) is 0.259. The number of likely N-dealkylation sites (tertiary alicyclic amines) is 1. The number of carbonyl (C=O) groups is 4. The number of Topliss-reactive ketones (excluding diaryl/α,β-unsaturated/α-hetero) is 1. The first-order chi connectivity index (χ1) is 16.7. The van der Waals surface area contributed by atoms with Crippen LogP contribution in [0.5, 0.6) is 0 Å². The average molecular weight is 477 g/mol. The Morgan fingerprint density at radius 1 is 0.886 bits per heavy atom. The molecule has 0 unspecified atom stereocenters. The Hall–Kier alpha value is -4.07. The molecule has 0 atom stereocenters. The summed E-state index contributed by atoms with van der Waals surface area (Å²) < 4.78 is 20.4. The molecule has 1 fully saturated rings. The largest absolute Gasteiger partial charge is 0.454 e. The Kier molecular flexibility index (Phi) is 6.91. The Morgan fingerprint density at radius 3 is 2.09 bits per heavy atom. The van der Waals surface area contributed by atoms with Crippen LogP contribution in [0.3, 0.4) is 0 Å². The molecule has 0 aliphatic carbocycles. The molecular formula is C27H25FN2O5. The molecule has 8 heteroatoms. The SMILES string of the molecule is Cc1cc(C(=O)COC(=O)c2ccc(CN3C(=O)CCC3=O)cc2)c(C)n1Cc1ccc(F)cc1. The number of hydrogen-bond acceptors (Lipinski definition) is 5. The Bertz CT molecular complexity index is 1280. The number of aromatic nitrogens is 1. The second kappa shape index (κ2) is 10.0. The third kappa shape index (κ3) is 5.37. The quantitative estimate of drug-likeness (QED) is 0.279. The van der Waals surface area contributed by atoms with E-state index in [4.69, 9.17) is 4.74 Å². The van der Waals surface area contributed by atoms with Gasteiger partial charge in [-0.05, 0) is 55.3 Å². The van der Waals surface area contributed by atoms with Gasteiger partial charge in [-0.1, -0.05) is 24.3 Å². The fourth-order valence-electron chi connectivity index (χ4n) is 4.12. The zero-order valence-electron chi connectivity index (χ0n) is 19.5. The van der Waals surface area contributed by atoms with Crippen LogP contribution in [0.4, 0.5) is 4.39 Å². The topological polar surface area (TPSA) is 85.7 Å². The highest BCUT2D eigenvalue weighted by molar-refractivity contribution is 6.02. The Balaban J connectivity index is 1.36. The third-order valence-corrected chi connectivity index (χ3v) is 6.15. The van der Waals surface area contributed by atoms with Gasteiger partial charge in [0.2, 0.25) is 17.6 Å². The molecule has 4 rings (SSSR count). The van der Waals surface area contributed by atoms with Gasteiger partial charge < -0.3 is 9.30 Å². The van der Waals surface area contributed by atoms with Gasteiger partial charge in [-0.2, -0.15) is 0 Å². The predicted molar refractivity (Wildman–Crippen MR) is 125 cm³/mol. The molecule has 0 spiro atoms. The van der Waals surface area contributed by atoms with Gasteiger partial charge in [0.25, 0.3) is 0 Å². The summed E-state index contributed by atoms with van der Waals surface area (Å²) in [4.78, 5) is 49.9. The van der Waals surface area contributed by atoms with Gasteiger partial charge in [-0.3, -0.25) is 19.3 Å². The van der Waals surface area contributed by atoms with E-state index in [-0.39, 0.29) is 48.4 Å². The summed E-state index contributed by atoms with van der Waals surface area (Å²) in [5.41, 5.74) is 3.96. The van der Waals surface area contributed by atoms with Gasteiger partial charge in [0, 0.05) is 36.3 Å². The smallest absolute Gasteiger partial charge is 0.338 e. The Morgan fingerprint density at radius 2 is 1.46 bits per heavy atom. The van der Waals surface area contributed by atoms with Crippen molar-refractivity contribution in [3.05, 3.63) is 94.1 Å². The molecule has 0 bridgehead atoms. The van der Waals surface area contributed by atoms with E-state index < -0.39 is 12.6 Å². The van der Waals surface area contributed by atoms with Gasteiger partial charge in [-0.25, -0.2) is 9.18 Å². The number of carbonyl (C=O) groups excluding carboxylic acids is 4. The highest BCUT2D eigenvalue weighted by Crippen LogP contribution is 2.19. The molecular weight excluding hydrogens is 451 g/mol. The van der Waals surface area contributed by atoms with E-state index in [1.54, 1.807) is 42.5 Å². The number of ketones is 1. The molecule has 2 aromatic carbocycles. The van der Waals surface area contributed by atoms with Crippen molar-refractivity contribution >= 4 is 23.6 Å². The molecule has 2 amide bonds. The number of rotatable bonds is 8. The van der Waals surface area contributed by atoms with Crippen molar-refractivity contribution in [1.29, 1.82) is 0 Å². The summed E-state index contributed by atoms with van der Waals surface area (Å²) in [7, 11) is 0. The van der Waals surface area contributed by atoms with Gasteiger partial charge in [-0.15, -0.1) is 0 Å². The minimum atomic E-state index is -0.640. The molecule has 1 aromatic heterocycles. The molecule has 7 nitrogen and oxygen atoms in total. The van der Waals surface area contributed by atoms with Crippen molar-refractivity contribution in [2.24, 2.45) is 0 Å². The van der Waals surface area contributed by atoms with Gasteiger partial charge in [0.1, 0.15) is 5.82 Å². The molecule has 0 N–H and O–H groups in total. The summed E-state index contributed by atoms with van der Waals surface area (Å²) in [6.07, 6.45) is 0.456. The van der Waals surface area contributed by atoms with Crippen LogP contribution < -0.4 is 0 Å². The van der Waals surface area contributed by atoms with Crippen LogP contribution in [-0.4, -0.2) is 39.6 Å². The van der Waals surface area contributed by atoms with E-state index in [1.165, 1.54) is 17.0 Å². The minimum absolute atomic E-state index is 0.166. The van der Waals surface area contributed by atoms with Crippen LogP contribution in [0.2, 0.25) is 0 Å². The van der Waals surface area contributed by atoms with Crippen molar-refractivity contribution in [2.75, 3.05) is 6.61 Å². The average Bonchev–Trinajstić information content (AvgIpc) is 3.32. The van der Waals surface area contributed by atoms with Crippen molar-refractivity contribution in [3.8, 4) is 0 Å². The maximum Gasteiger partial charge on any atom is 0.338 e. The van der Waals surface area contributed by atoms with E-state index in [9.17, 15) is 23.6 Å². The minimum Gasteiger partial charge on any atom is -0.454 e. The number of aryl methyl sites for hydroxylation is 1. The van der Waals surface area contributed by atoms with Crippen molar-refractivity contribution < 1.29 is 28.3 Å². The van der Waals surface area contributed by atoms with Crippen LogP contribution in [-0.2, 0) is 27.4 Å².